The normalized spacial score (nSPS) is 11.0. The Morgan fingerprint density at radius 1 is 1.06 bits per heavy atom. The van der Waals surface area contributed by atoms with Crippen molar-refractivity contribution in [3.05, 3.63) is 72.6 Å². The van der Waals surface area contributed by atoms with Crippen LogP contribution in [0.4, 0.5) is 8.78 Å². The highest BCUT2D eigenvalue weighted by Crippen LogP contribution is 2.36. The zero-order chi connectivity index (χ0) is 22.5. The van der Waals surface area contributed by atoms with E-state index in [1.807, 2.05) is 36.4 Å². The smallest absolute Gasteiger partial charge is 0.387 e. The summed E-state index contributed by atoms with van der Waals surface area (Å²) in [6.07, 6.45) is 1.45. The molecule has 0 radical (unpaired) electrons. The third-order valence-corrected chi connectivity index (χ3v) is 6.38. The number of amides is 2. The molecule has 0 aliphatic carbocycles. The fourth-order valence-electron chi connectivity index (χ4n) is 2.85. The summed E-state index contributed by atoms with van der Waals surface area (Å²) < 4.78 is 28.6. The van der Waals surface area contributed by atoms with Gasteiger partial charge in [0, 0.05) is 15.8 Å². The van der Waals surface area contributed by atoms with Crippen LogP contribution in [0.2, 0.25) is 0 Å². The van der Waals surface area contributed by atoms with Crippen LogP contribution < -0.4 is 10.1 Å². The minimum Gasteiger partial charge on any atom is -0.435 e. The first-order valence-corrected chi connectivity index (χ1v) is 11.1. The number of nitrogens with zero attached hydrogens (tertiary/aromatic N) is 2. The third-order valence-electron chi connectivity index (χ3n) is 4.29. The lowest BCUT2D eigenvalue weighted by Crippen LogP contribution is -2.31. The summed E-state index contributed by atoms with van der Waals surface area (Å²) in [5.41, 5.74) is 1.22. The maximum atomic E-state index is 12.3. The van der Waals surface area contributed by atoms with E-state index in [0.29, 0.717) is 5.03 Å². The molecule has 2 aromatic heterocycles. The number of fused-ring (bicyclic) bond motifs is 1. The van der Waals surface area contributed by atoms with Gasteiger partial charge in [-0.05, 0) is 35.9 Å². The van der Waals surface area contributed by atoms with Gasteiger partial charge in [-0.15, -0.1) is 11.3 Å². The molecule has 162 valence electrons. The van der Waals surface area contributed by atoms with Gasteiger partial charge in [0.25, 0.3) is 5.91 Å². The quantitative estimate of drug-likeness (QED) is 0.302. The fourth-order valence-corrected chi connectivity index (χ4v) is 4.69. The molecule has 4 aromatic rings. The summed E-state index contributed by atoms with van der Waals surface area (Å²) >= 11 is 2.74. The topological polar surface area (TPSA) is 81.2 Å². The van der Waals surface area contributed by atoms with Crippen molar-refractivity contribution in [1.82, 2.24) is 15.3 Å². The van der Waals surface area contributed by atoms with Crippen molar-refractivity contribution in [2.24, 2.45) is 0 Å². The molecule has 0 aliphatic rings. The predicted molar refractivity (Wildman–Crippen MR) is 119 cm³/mol. The molecule has 0 bridgehead atoms. The van der Waals surface area contributed by atoms with Gasteiger partial charge in [0.15, 0.2) is 0 Å². The van der Waals surface area contributed by atoms with E-state index in [2.05, 4.69) is 20.0 Å². The van der Waals surface area contributed by atoms with Crippen LogP contribution in [-0.4, -0.2) is 34.1 Å². The van der Waals surface area contributed by atoms with E-state index >= 15 is 0 Å². The minimum absolute atomic E-state index is 0.0268. The van der Waals surface area contributed by atoms with Gasteiger partial charge in [-0.3, -0.25) is 14.9 Å². The largest absolute Gasteiger partial charge is 0.435 e. The van der Waals surface area contributed by atoms with Crippen molar-refractivity contribution in [3.8, 4) is 16.2 Å². The van der Waals surface area contributed by atoms with Crippen LogP contribution in [-0.2, 0) is 4.79 Å². The van der Waals surface area contributed by atoms with E-state index in [1.165, 1.54) is 53.7 Å². The second-order valence-corrected chi connectivity index (χ2v) is 8.44. The number of halogens is 2. The summed E-state index contributed by atoms with van der Waals surface area (Å²) in [7, 11) is 0. The van der Waals surface area contributed by atoms with Crippen molar-refractivity contribution < 1.29 is 23.1 Å². The summed E-state index contributed by atoms with van der Waals surface area (Å²) in [5, 5.41) is 3.76. The van der Waals surface area contributed by atoms with E-state index in [0.717, 1.165) is 20.7 Å². The molecule has 10 heteroatoms. The van der Waals surface area contributed by atoms with Crippen molar-refractivity contribution in [1.29, 1.82) is 0 Å². The van der Waals surface area contributed by atoms with Crippen LogP contribution in [0.3, 0.4) is 0 Å². The van der Waals surface area contributed by atoms with Crippen LogP contribution in [0.15, 0.2) is 72.0 Å². The number of imide groups is 1. The Bertz CT molecular complexity index is 1250. The Morgan fingerprint density at radius 3 is 2.53 bits per heavy atom. The second kappa shape index (κ2) is 9.84. The number of thiophene rings is 1. The average molecular weight is 472 g/mol. The number of thioether (sulfide) groups is 1. The van der Waals surface area contributed by atoms with Crippen LogP contribution >= 0.6 is 23.1 Å². The fraction of sp³-hybridized carbons (Fsp3) is 0.0909. The lowest BCUT2D eigenvalue weighted by atomic mass is 10.2. The Morgan fingerprint density at radius 2 is 1.81 bits per heavy atom. The van der Waals surface area contributed by atoms with Crippen molar-refractivity contribution in [2.45, 2.75) is 11.6 Å². The van der Waals surface area contributed by atoms with Gasteiger partial charge in [-0.1, -0.05) is 42.1 Å². The number of alkyl halides is 2. The number of nitrogens with one attached hydrogen (secondary N) is 1. The van der Waals surface area contributed by atoms with Crippen LogP contribution in [0.1, 0.15) is 10.4 Å². The highest BCUT2D eigenvalue weighted by molar-refractivity contribution is 8.00. The molecule has 1 N–H and O–H groups in total. The van der Waals surface area contributed by atoms with Gasteiger partial charge in [0.1, 0.15) is 21.9 Å². The number of rotatable bonds is 7. The molecular formula is C22H15F2N3O3S2. The maximum absolute atomic E-state index is 12.3. The molecule has 2 amide bonds. The summed E-state index contributed by atoms with van der Waals surface area (Å²) in [5.74, 6) is -1.23. The van der Waals surface area contributed by atoms with Gasteiger partial charge in [0.05, 0.1) is 5.75 Å². The predicted octanol–water partition coefficient (Wildman–Crippen LogP) is 5.01. The van der Waals surface area contributed by atoms with Crippen molar-refractivity contribution in [3.63, 3.8) is 0 Å². The van der Waals surface area contributed by atoms with Crippen molar-refractivity contribution >= 4 is 45.1 Å². The van der Waals surface area contributed by atoms with Gasteiger partial charge < -0.3 is 4.74 Å². The van der Waals surface area contributed by atoms with Gasteiger partial charge in [-0.2, -0.15) is 8.78 Å². The first-order valence-electron chi connectivity index (χ1n) is 9.31. The SMILES string of the molecule is O=C(CSc1ncnc2sc(-c3ccccc3)cc12)NC(=O)c1ccc(OC(F)F)cc1. The standard InChI is InChI=1S/C22H15F2N3O3S2/c23-22(24)30-15-8-6-14(7-9-15)19(29)27-18(28)11-31-20-16-10-17(13-4-2-1-3-5-13)32-21(16)26-12-25-20/h1-10,12,22H,11H2,(H,27,28,29). The Balaban J connectivity index is 1.39. The number of aromatic nitrogens is 2. The summed E-state index contributed by atoms with van der Waals surface area (Å²) in [4.78, 5) is 34.9. The highest BCUT2D eigenvalue weighted by Gasteiger charge is 2.15. The molecule has 0 atom stereocenters. The second-order valence-electron chi connectivity index (χ2n) is 6.44. The number of hydrogen-bond acceptors (Lipinski definition) is 7. The Kier molecular flexibility index (Phi) is 6.72. The van der Waals surface area contributed by atoms with Gasteiger partial charge in [-0.25, -0.2) is 9.97 Å². The first-order chi connectivity index (χ1) is 15.5. The minimum atomic E-state index is -2.95. The molecule has 2 aromatic carbocycles. The molecule has 2 heterocycles. The number of carbonyl (C=O) groups is 2. The number of benzene rings is 2. The van der Waals surface area contributed by atoms with Crippen molar-refractivity contribution in [2.75, 3.05) is 5.75 Å². The first kappa shape index (κ1) is 21.8. The number of carbonyl (C=O) groups excluding carboxylic acids is 2. The van der Waals surface area contributed by atoms with E-state index in [4.69, 9.17) is 0 Å². The monoisotopic (exact) mass is 471 g/mol. The number of hydrogen-bond donors (Lipinski definition) is 1. The van der Waals surface area contributed by atoms with Crippen LogP contribution in [0.5, 0.6) is 5.75 Å². The zero-order valence-corrected chi connectivity index (χ0v) is 18.0. The van der Waals surface area contributed by atoms with Gasteiger partial charge in [0.2, 0.25) is 5.91 Å². The zero-order valence-electron chi connectivity index (χ0n) is 16.3. The van der Waals surface area contributed by atoms with E-state index in [9.17, 15) is 18.4 Å². The van der Waals surface area contributed by atoms with Crippen LogP contribution in [0, 0.1) is 0 Å². The Labute approximate surface area is 189 Å². The average Bonchev–Trinajstić information content (AvgIpc) is 3.23. The molecule has 0 fully saturated rings. The molecule has 32 heavy (non-hydrogen) atoms. The van der Waals surface area contributed by atoms with E-state index in [1.54, 1.807) is 0 Å². The molecule has 0 unspecified atom stereocenters. The van der Waals surface area contributed by atoms with Crippen LogP contribution in [0.25, 0.3) is 20.7 Å². The summed E-state index contributed by atoms with van der Waals surface area (Å²) in [6.45, 7) is -2.95. The highest BCUT2D eigenvalue weighted by atomic mass is 32.2. The maximum Gasteiger partial charge on any atom is 0.387 e. The molecule has 0 saturated heterocycles. The lowest BCUT2D eigenvalue weighted by Gasteiger charge is -2.06. The van der Waals surface area contributed by atoms with Gasteiger partial charge >= 0.3 is 6.61 Å². The van der Waals surface area contributed by atoms with E-state index < -0.39 is 18.4 Å². The molecule has 4 rings (SSSR count). The third kappa shape index (κ3) is 5.27. The molecule has 0 aliphatic heterocycles. The molecular weight excluding hydrogens is 456 g/mol. The molecule has 0 spiro atoms. The Hall–Kier alpha value is -3.37. The van der Waals surface area contributed by atoms with E-state index in [-0.39, 0.29) is 17.1 Å². The lowest BCUT2D eigenvalue weighted by molar-refractivity contribution is -0.117. The number of ether oxygens (including phenoxy) is 1. The molecule has 0 saturated carbocycles. The summed E-state index contributed by atoms with van der Waals surface area (Å²) in [6, 6.07) is 17.0. The molecule has 6 nitrogen and oxygen atoms in total.